The number of ether oxygens (including phenoxy) is 2. The van der Waals surface area contributed by atoms with Crippen LogP contribution in [-0.4, -0.2) is 43.8 Å². The molecule has 0 radical (unpaired) electrons. The minimum absolute atomic E-state index is 0.263. The third-order valence-corrected chi connectivity index (χ3v) is 3.38. The van der Waals surface area contributed by atoms with E-state index in [4.69, 9.17) is 15.2 Å². The summed E-state index contributed by atoms with van der Waals surface area (Å²) in [6, 6.07) is -0.465. The summed E-state index contributed by atoms with van der Waals surface area (Å²) < 4.78 is 10.5. The van der Waals surface area contributed by atoms with E-state index in [1.165, 1.54) is 0 Å². The number of nitrogens with two attached hydrogens (primary N) is 1. The summed E-state index contributed by atoms with van der Waals surface area (Å²) in [7, 11) is 0. The van der Waals surface area contributed by atoms with Gasteiger partial charge in [0.25, 0.3) is 0 Å². The van der Waals surface area contributed by atoms with Crippen LogP contribution < -0.4 is 5.73 Å². The van der Waals surface area contributed by atoms with Crippen molar-refractivity contribution in [3.63, 3.8) is 0 Å². The quantitative estimate of drug-likeness (QED) is 0.711. The third-order valence-electron chi connectivity index (χ3n) is 2.74. The molecule has 0 aromatic rings. The zero-order valence-corrected chi connectivity index (χ0v) is 10.6. The van der Waals surface area contributed by atoms with E-state index in [2.05, 4.69) is 0 Å². The lowest BCUT2D eigenvalue weighted by Gasteiger charge is -2.22. The fraction of sp³-hybridized carbons (Fsp3) is 0.909. The first-order chi connectivity index (χ1) is 7.74. The Morgan fingerprint density at radius 1 is 1.56 bits per heavy atom. The van der Waals surface area contributed by atoms with Crippen molar-refractivity contribution in [3.8, 4) is 0 Å². The van der Waals surface area contributed by atoms with Gasteiger partial charge in [0.15, 0.2) is 0 Å². The summed E-state index contributed by atoms with van der Waals surface area (Å²) in [5.74, 6) is 1.08. The lowest BCUT2D eigenvalue weighted by atomic mass is 10.0. The summed E-state index contributed by atoms with van der Waals surface area (Å²) in [5, 5.41) is 0. The van der Waals surface area contributed by atoms with Crippen molar-refractivity contribution in [2.24, 2.45) is 11.7 Å². The van der Waals surface area contributed by atoms with E-state index in [1.807, 2.05) is 6.26 Å². The summed E-state index contributed by atoms with van der Waals surface area (Å²) in [5.41, 5.74) is 5.71. The first-order valence-electron chi connectivity index (χ1n) is 5.73. The number of hydrogen-bond donors (Lipinski definition) is 1. The topological polar surface area (TPSA) is 61.6 Å². The molecule has 5 heteroatoms. The molecule has 16 heavy (non-hydrogen) atoms. The molecule has 0 bridgehead atoms. The second kappa shape index (κ2) is 7.92. The average molecular weight is 247 g/mol. The highest BCUT2D eigenvalue weighted by molar-refractivity contribution is 7.98. The second-order valence-electron chi connectivity index (χ2n) is 4.07. The summed E-state index contributed by atoms with van der Waals surface area (Å²) in [6.45, 7) is 2.05. The van der Waals surface area contributed by atoms with Crippen LogP contribution in [0.1, 0.15) is 19.3 Å². The second-order valence-corrected chi connectivity index (χ2v) is 5.06. The minimum Gasteiger partial charge on any atom is -0.464 e. The third kappa shape index (κ3) is 5.18. The van der Waals surface area contributed by atoms with Crippen LogP contribution in [0.5, 0.6) is 0 Å². The van der Waals surface area contributed by atoms with Crippen molar-refractivity contribution < 1.29 is 14.3 Å². The molecule has 0 saturated carbocycles. The van der Waals surface area contributed by atoms with E-state index in [1.54, 1.807) is 11.8 Å². The van der Waals surface area contributed by atoms with E-state index in [-0.39, 0.29) is 5.97 Å². The van der Waals surface area contributed by atoms with E-state index in [0.717, 1.165) is 31.8 Å². The van der Waals surface area contributed by atoms with Gasteiger partial charge >= 0.3 is 5.97 Å². The van der Waals surface area contributed by atoms with Crippen LogP contribution in [0.2, 0.25) is 0 Å². The average Bonchev–Trinajstić information content (AvgIpc) is 2.34. The largest absolute Gasteiger partial charge is 0.464 e. The molecule has 2 N–H and O–H groups in total. The maximum Gasteiger partial charge on any atom is 0.322 e. The van der Waals surface area contributed by atoms with Crippen molar-refractivity contribution in [1.82, 2.24) is 0 Å². The summed E-state index contributed by atoms with van der Waals surface area (Å²) in [4.78, 5) is 11.5. The molecule has 0 aromatic carbocycles. The summed E-state index contributed by atoms with van der Waals surface area (Å²) in [6.07, 6.45) is 4.65. The van der Waals surface area contributed by atoms with Gasteiger partial charge in [-0.05, 0) is 37.2 Å². The standard InChI is InChI=1S/C11H21NO3S/c1-16-7-4-10(12)11(13)15-8-9-2-5-14-6-3-9/h9-10H,2-8,12H2,1H3/t10-/m0/s1. The Kier molecular flexibility index (Phi) is 6.84. The predicted molar refractivity (Wildman–Crippen MR) is 65.5 cm³/mol. The highest BCUT2D eigenvalue weighted by Gasteiger charge is 2.19. The highest BCUT2D eigenvalue weighted by atomic mass is 32.2. The van der Waals surface area contributed by atoms with Crippen LogP contribution in [-0.2, 0) is 14.3 Å². The molecule has 0 amide bonds. The predicted octanol–water partition coefficient (Wildman–Crippen LogP) is 1.04. The number of thioether (sulfide) groups is 1. The minimum atomic E-state index is -0.465. The molecule has 4 nitrogen and oxygen atoms in total. The monoisotopic (exact) mass is 247 g/mol. The molecule has 0 unspecified atom stereocenters. The van der Waals surface area contributed by atoms with Crippen LogP contribution in [0.4, 0.5) is 0 Å². The Balaban J connectivity index is 2.12. The van der Waals surface area contributed by atoms with E-state index >= 15 is 0 Å². The highest BCUT2D eigenvalue weighted by Crippen LogP contribution is 2.15. The first-order valence-corrected chi connectivity index (χ1v) is 7.12. The molecule has 0 aromatic heterocycles. The van der Waals surface area contributed by atoms with E-state index in [9.17, 15) is 4.79 Å². The van der Waals surface area contributed by atoms with Crippen molar-refractivity contribution >= 4 is 17.7 Å². The normalized spacial score (nSPS) is 19.4. The van der Waals surface area contributed by atoms with Crippen molar-refractivity contribution in [2.75, 3.05) is 31.8 Å². The van der Waals surface area contributed by atoms with Gasteiger partial charge in [-0.2, -0.15) is 11.8 Å². The van der Waals surface area contributed by atoms with Gasteiger partial charge in [-0.25, -0.2) is 0 Å². The van der Waals surface area contributed by atoms with Gasteiger partial charge in [-0.15, -0.1) is 0 Å². The molecule has 1 fully saturated rings. The van der Waals surface area contributed by atoms with Crippen LogP contribution >= 0.6 is 11.8 Å². The molecule has 1 saturated heterocycles. The Morgan fingerprint density at radius 3 is 2.88 bits per heavy atom. The SMILES string of the molecule is CSCC[C@H](N)C(=O)OCC1CCOCC1. The maximum atomic E-state index is 11.5. The van der Waals surface area contributed by atoms with Crippen LogP contribution in [0.15, 0.2) is 0 Å². The molecule has 1 aliphatic heterocycles. The van der Waals surface area contributed by atoms with Crippen LogP contribution in [0.25, 0.3) is 0 Å². The molecule has 1 aliphatic rings. The number of rotatable bonds is 6. The smallest absolute Gasteiger partial charge is 0.322 e. The number of carbonyl (C=O) groups excluding carboxylic acids is 1. The van der Waals surface area contributed by atoms with Crippen molar-refractivity contribution in [2.45, 2.75) is 25.3 Å². The molecule has 1 rings (SSSR count). The lowest BCUT2D eigenvalue weighted by Crippen LogP contribution is -2.34. The molecule has 0 aliphatic carbocycles. The molecular weight excluding hydrogens is 226 g/mol. The fourth-order valence-electron chi connectivity index (χ4n) is 1.58. The summed E-state index contributed by atoms with van der Waals surface area (Å²) >= 11 is 1.69. The van der Waals surface area contributed by atoms with Crippen LogP contribution in [0.3, 0.4) is 0 Å². The van der Waals surface area contributed by atoms with Gasteiger partial charge in [0.1, 0.15) is 6.04 Å². The molecule has 1 heterocycles. The van der Waals surface area contributed by atoms with Crippen molar-refractivity contribution in [3.05, 3.63) is 0 Å². The number of esters is 1. The van der Waals surface area contributed by atoms with Crippen molar-refractivity contribution in [1.29, 1.82) is 0 Å². The molecular formula is C11H21NO3S. The fourth-order valence-corrected chi connectivity index (χ4v) is 2.07. The van der Waals surface area contributed by atoms with E-state index in [0.29, 0.717) is 18.9 Å². The van der Waals surface area contributed by atoms with Crippen LogP contribution in [0, 0.1) is 5.92 Å². The van der Waals surface area contributed by atoms with Gasteiger partial charge < -0.3 is 15.2 Å². The first kappa shape index (κ1) is 13.8. The van der Waals surface area contributed by atoms with E-state index < -0.39 is 6.04 Å². The molecule has 94 valence electrons. The zero-order valence-electron chi connectivity index (χ0n) is 9.81. The zero-order chi connectivity index (χ0) is 11.8. The Labute approximate surface area is 101 Å². The van der Waals surface area contributed by atoms with Gasteiger partial charge in [-0.1, -0.05) is 0 Å². The molecule has 1 atom stereocenters. The Hall–Kier alpha value is -0.260. The van der Waals surface area contributed by atoms with Gasteiger partial charge in [0.05, 0.1) is 6.61 Å². The molecule has 0 spiro atoms. The maximum absolute atomic E-state index is 11.5. The van der Waals surface area contributed by atoms with Gasteiger partial charge in [-0.3, -0.25) is 4.79 Å². The Bertz CT molecular complexity index is 207. The van der Waals surface area contributed by atoms with Gasteiger partial charge in [0.2, 0.25) is 0 Å². The number of carbonyl (C=O) groups is 1. The number of hydrogen-bond acceptors (Lipinski definition) is 5. The van der Waals surface area contributed by atoms with Gasteiger partial charge in [0, 0.05) is 13.2 Å². The lowest BCUT2D eigenvalue weighted by molar-refractivity contribution is -0.147. The Morgan fingerprint density at radius 2 is 2.25 bits per heavy atom.